The Bertz CT molecular complexity index is 1720. The minimum Gasteiger partial charge on any atom is -0.494 e. The summed E-state index contributed by atoms with van der Waals surface area (Å²) in [5.41, 5.74) is 2.05. The fraction of sp³-hybridized carbons (Fsp3) is 0.292. The van der Waals surface area contributed by atoms with E-state index in [2.05, 4.69) is 16.2 Å². The number of aryl methyl sites for hydroxylation is 2. The topological polar surface area (TPSA) is 107 Å². The lowest BCUT2D eigenvalue weighted by Gasteiger charge is -2.22. The lowest BCUT2D eigenvalue weighted by Crippen LogP contribution is -2.44. The maximum Gasteiger partial charge on any atom is 0.332 e. The van der Waals surface area contributed by atoms with Gasteiger partial charge in [-0.25, -0.2) is 13.8 Å². The molecule has 0 bridgehead atoms. The molecule has 0 N–H and O–H groups in total. The molecule has 1 aliphatic rings. The molecule has 1 aliphatic heterocycles. The van der Waals surface area contributed by atoms with E-state index in [0.29, 0.717) is 26.4 Å². The highest BCUT2D eigenvalue weighted by molar-refractivity contribution is 7.22. The van der Waals surface area contributed by atoms with Gasteiger partial charge in [0.05, 0.1) is 42.7 Å². The summed E-state index contributed by atoms with van der Waals surface area (Å²) in [6, 6.07) is 5.69. The molecule has 0 radical (unpaired) electrons. The van der Waals surface area contributed by atoms with Gasteiger partial charge in [-0.15, -0.1) is 11.3 Å². The van der Waals surface area contributed by atoms with Crippen molar-refractivity contribution >= 4 is 39.4 Å². The molecule has 4 heterocycles. The predicted octanol–water partition coefficient (Wildman–Crippen LogP) is 3.67. The van der Waals surface area contributed by atoms with Crippen molar-refractivity contribution in [2.75, 3.05) is 13.7 Å². The Morgan fingerprint density at radius 3 is 2.83 bits per heavy atom. The van der Waals surface area contributed by atoms with Crippen LogP contribution in [-0.2, 0) is 13.6 Å². The first-order chi connectivity index (χ1) is 17.3. The lowest BCUT2D eigenvalue weighted by atomic mass is 10.0. The van der Waals surface area contributed by atoms with Crippen molar-refractivity contribution in [2.45, 2.75) is 25.9 Å². The number of hydrogen-bond donors (Lipinski definition) is 0. The highest BCUT2D eigenvalue weighted by atomic mass is 35.5. The normalized spacial score (nSPS) is 14.7. The van der Waals surface area contributed by atoms with E-state index < -0.39 is 23.1 Å². The standard InChI is InChI=1S/C24H20ClFN6O3S/c1-12-21-16(29-30(12)2)10-28-11-18(21)32-23(33)22-17(31(24(32)34)6-4-5-27)9-20(36-22)13-7-19(35-3)15(26)8-14(13)25/h7-10,18H,4,6,11H2,1-3H3. The number of aliphatic imine (C=N–C) groups is 1. The Labute approximate surface area is 213 Å². The third-order valence-corrected chi connectivity index (χ3v) is 7.81. The van der Waals surface area contributed by atoms with Crippen molar-refractivity contribution < 1.29 is 9.13 Å². The van der Waals surface area contributed by atoms with Crippen LogP contribution >= 0.6 is 22.9 Å². The van der Waals surface area contributed by atoms with E-state index in [1.54, 1.807) is 24.0 Å². The number of rotatable bonds is 5. The average Bonchev–Trinajstić information content (AvgIpc) is 3.41. The molecule has 0 saturated heterocycles. The number of aromatic nitrogens is 4. The molecule has 184 valence electrons. The number of ether oxygens (including phenoxy) is 1. The average molecular weight is 527 g/mol. The minimum atomic E-state index is -0.642. The van der Waals surface area contributed by atoms with Gasteiger partial charge < -0.3 is 4.74 Å². The second-order valence-corrected chi connectivity index (χ2v) is 9.79. The first-order valence-corrected chi connectivity index (χ1v) is 12.2. The Balaban J connectivity index is 1.79. The molecule has 5 rings (SSSR count). The van der Waals surface area contributed by atoms with Crippen LogP contribution in [0.2, 0.25) is 5.02 Å². The lowest BCUT2D eigenvalue weighted by molar-refractivity contribution is 0.387. The van der Waals surface area contributed by atoms with Gasteiger partial charge in [-0.1, -0.05) is 11.6 Å². The number of thiophene rings is 1. The molecule has 0 amide bonds. The van der Waals surface area contributed by atoms with Gasteiger partial charge in [0.2, 0.25) is 0 Å². The second kappa shape index (κ2) is 9.04. The summed E-state index contributed by atoms with van der Waals surface area (Å²) < 4.78 is 23.9. The largest absolute Gasteiger partial charge is 0.494 e. The highest BCUT2D eigenvalue weighted by Crippen LogP contribution is 2.39. The first-order valence-electron chi connectivity index (χ1n) is 11.0. The summed E-state index contributed by atoms with van der Waals surface area (Å²) in [6.07, 6.45) is 1.72. The number of benzene rings is 1. The van der Waals surface area contributed by atoms with E-state index in [4.69, 9.17) is 16.3 Å². The van der Waals surface area contributed by atoms with E-state index in [0.717, 1.165) is 28.7 Å². The molecule has 3 aromatic heterocycles. The number of halogens is 2. The zero-order chi connectivity index (χ0) is 25.7. The minimum absolute atomic E-state index is 0.00536. The molecular weight excluding hydrogens is 507 g/mol. The van der Waals surface area contributed by atoms with E-state index in [1.807, 2.05) is 6.92 Å². The summed E-state index contributed by atoms with van der Waals surface area (Å²) in [6.45, 7) is 2.18. The molecule has 1 aromatic carbocycles. The third kappa shape index (κ3) is 3.65. The number of fused-ring (bicyclic) bond motifs is 2. The summed E-state index contributed by atoms with van der Waals surface area (Å²) in [7, 11) is 3.14. The quantitative estimate of drug-likeness (QED) is 0.394. The fourth-order valence-electron chi connectivity index (χ4n) is 4.52. The Morgan fingerprint density at radius 2 is 2.11 bits per heavy atom. The molecular formula is C24H20ClFN6O3S. The van der Waals surface area contributed by atoms with Gasteiger partial charge in [-0.05, 0) is 25.1 Å². The molecule has 0 aliphatic carbocycles. The van der Waals surface area contributed by atoms with Crippen LogP contribution in [0, 0.1) is 24.1 Å². The van der Waals surface area contributed by atoms with Gasteiger partial charge in [0.25, 0.3) is 5.56 Å². The number of methoxy groups -OCH3 is 1. The van der Waals surface area contributed by atoms with Crippen LogP contribution in [-0.4, -0.2) is 38.8 Å². The van der Waals surface area contributed by atoms with Crippen LogP contribution in [0.15, 0.2) is 32.8 Å². The smallest absolute Gasteiger partial charge is 0.332 e. The molecule has 12 heteroatoms. The van der Waals surface area contributed by atoms with Crippen LogP contribution in [0.5, 0.6) is 5.75 Å². The van der Waals surface area contributed by atoms with Crippen LogP contribution in [0.4, 0.5) is 4.39 Å². The second-order valence-electron chi connectivity index (χ2n) is 8.33. The summed E-state index contributed by atoms with van der Waals surface area (Å²) in [5.74, 6) is -0.605. The highest BCUT2D eigenvalue weighted by Gasteiger charge is 2.30. The molecule has 0 fully saturated rings. The van der Waals surface area contributed by atoms with Crippen molar-refractivity contribution in [1.29, 1.82) is 5.26 Å². The Kier molecular flexibility index (Phi) is 6.02. The summed E-state index contributed by atoms with van der Waals surface area (Å²) >= 11 is 7.48. The predicted molar refractivity (Wildman–Crippen MR) is 136 cm³/mol. The van der Waals surface area contributed by atoms with E-state index >= 15 is 0 Å². The van der Waals surface area contributed by atoms with Crippen molar-refractivity contribution in [3.05, 3.63) is 66.8 Å². The molecule has 4 aromatic rings. The van der Waals surface area contributed by atoms with Crippen molar-refractivity contribution in [2.24, 2.45) is 12.0 Å². The summed E-state index contributed by atoms with van der Waals surface area (Å²) in [5, 5.41) is 13.8. The first kappa shape index (κ1) is 24.0. The van der Waals surface area contributed by atoms with E-state index in [-0.39, 0.29) is 30.3 Å². The van der Waals surface area contributed by atoms with Crippen LogP contribution in [0.1, 0.15) is 29.4 Å². The van der Waals surface area contributed by atoms with Gasteiger partial charge in [0.15, 0.2) is 11.6 Å². The van der Waals surface area contributed by atoms with Gasteiger partial charge in [-0.3, -0.25) is 19.0 Å². The van der Waals surface area contributed by atoms with Gasteiger partial charge in [-0.2, -0.15) is 10.4 Å². The monoisotopic (exact) mass is 526 g/mol. The number of hydrogen-bond acceptors (Lipinski definition) is 7. The van der Waals surface area contributed by atoms with Gasteiger partial charge >= 0.3 is 5.69 Å². The molecule has 1 unspecified atom stereocenters. The Morgan fingerprint density at radius 1 is 1.33 bits per heavy atom. The third-order valence-electron chi connectivity index (χ3n) is 6.35. The van der Waals surface area contributed by atoms with Gasteiger partial charge in [0, 0.05) is 41.5 Å². The number of nitriles is 1. The molecule has 36 heavy (non-hydrogen) atoms. The summed E-state index contributed by atoms with van der Waals surface area (Å²) in [4.78, 5) is 32.5. The molecule has 0 saturated carbocycles. The fourth-order valence-corrected chi connectivity index (χ4v) is 5.96. The van der Waals surface area contributed by atoms with Crippen LogP contribution in [0.25, 0.3) is 20.7 Å². The zero-order valence-electron chi connectivity index (χ0n) is 19.6. The Hall–Kier alpha value is -3.75. The SMILES string of the molecule is COc1cc(-c2cc3c(s2)c(=O)n(C2CN=Cc4nn(C)c(C)c42)c(=O)n3CCC#N)c(Cl)cc1F. The maximum absolute atomic E-state index is 14.1. The van der Waals surface area contributed by atoms with Crippen LogP contribution in [0.3, 0.4) is 0 Å². The zero-order valence-corrected chi connectivity index (χ0v) is 21.2. The molecule has 0 spiro atoms. The van der Waals surface area contributed by atoms with Crippen LogP contribution < -0.4 is 16.0 Å². The van der Waals surface area contributed by atoms with Crippen molar-refractivity contribution in [3.63, 3.8) is 0 Å². The van der Waals surface area contributed by atoms with Crippen molar-refractivity contribution in [1.82, 2.24) is 18.9 Å². The van der Waals surface area contributed by atoms with E-state index in [1.165, 1.54) is 22.3 Å². The van der Waals surface area contributed by atoms with Crippen molar-refractivity contribution in [3.8, 4) is 22.3 Å². The van der Waals surface area contributed by atoms with Gasteiger partial charge in [0.1, 0.15) is 10.4 Å². The molecule has 1 atom stereocenters. The van der Waals surface area contributed by atoms with E-state index in [9.17, 15) is 19.2 Å². The molecule has 9 nitrogen and oxygen atoms in total. The number of nitrogens with zero attached hydrogens (tertiary/aromatic N) is 6. The maximum atomic E-state index is 14.1.